The molecule has 0 aromatic heterocycles. The Balaban J connectivity index is 2.92. The highest BCUT2D eigenvalue weighted by Gasteiger charge is 2.14. The predicted molar refractivity (Wildman–Crippen MR) is 51.8 cm³/mol. The van der Waals surface area contributed by atoms with E-state index in [1.807, 2.05) is 0 Å². The Labute approximate surface area is 75.1 Å². The highest BCUT2D eigenvalue weighted by molar-refractivity contribution is 5.30. The first-order chi connectivity index (χ1) is 5.63. The van der Waals surface area contributed by atoms with Crippen molar-refractivity contribution in [3.8, 4) is 0 Å². The summed E-state index contributed by atoms with van der Waals surface area (Å²) in [5.74, 6) is 1.22. The normalized spacial score (nSPS) is 17.5. The second kappa shape index (κ2) is 3.79. The quantitative estimate of drug-likeness (QED) is 0.612. The zero-order chi connectivity index (χ0) is 9.14. The van der Waals surface area contributed by atoms with Crippen LogP contribution in [0.3, 0.4) is 0 Å². The highest BCUT2D eigenvalue weighted by Crippen LogP contribution is 2.25. The van der Waals surface area contributed by atoms with Gasteiger partial charge in [-0.05, 0) is 29.1 Å². The predicted octanol–water partition coefficient (Wildman–Crippen LogP) is 3.14. The van der Waals surface area contributed by atoms with Crippen molar-refractivity contribution in [1.82, 2.24) is 0 Å². The SMILES string of the molecule is CC(C)C1=C(C(C)C)COC=C1. The third kappa shape index (κ3) is 1.90. The van der Waals surface area contributed by atoms with E-state index in [0.717, 1.165) is 6.61 Å². The van der Waals surface area contributed by atoms with Crippen molar-refractivity contribution in [2.24, 2.45) is 11.8 Å². The molecule has 0 saturated carbocycles. The van der Waals surface area contributed by atoms with Gasteiger partial charge in [-0.1, -0.05) is 27.7 Å². The lowest BCUT2D eigenvalue weighted by Crippen LogP contribution is -2.11. The van der Waals surface area contributed by atoms with Crippen molar-refractivity contribution in [3.63, 3.8) is 0 Å². The fourth-order valence-electron chi connectivity index (χ4n) is 1.51. The van der Waals surface area contributed by atoms with Gasteiger partial charge in [-0.3, -0.25) is 0 Å². The molecule has 0 saturated heterocycles. The van der Waals surface area contributed by atoms with Crippen LogP contribution in [0.25, 0.3) is 0 Å². The Bertz CT molecular complexity index is 209. The summed E-state index contributed by atoms with van der Waals surface area (Å²) in [4.78, 5) is 0. The topological polar surface area (TPSA) is 9.23 Å². The van der Waals surface area contributed by atoms with Crippen LogP contribution in [0.2, 0.25) is 0 Å². The fraction of sp³-hybridized carbons (Fsp3) is 0.636. The summed E-state index contributed by atoms with van der Waals surface area (Å²) in [6.07, 6.45) is 3.91. The van der Waals surface area contributed by atoms with Gasteiger partial charge >= 0.3 is 0 Å². The molecule has 0 unspecified atom stereocenters. The van der Waals surface area contributed by atoms with Crippen LogP contribution in [0.4, 0.5) is 0 Å². The summed E-state index contributed by atoms with van der Waals surface area (Å²) in [6.45, 7) is 9.68. The summed E-state index contributed by atoms with van der Waals surface area (Å²) < 4.78 is 5.29. The number of hydrogen-bond acceptors (Lipinski definition) is 1. The van der Waals surface area contributed by atoms with E-state index in [1.54, 1.807) is 6.26 Å². The van der Waals surface area contributed by atoms with Gasteiger partial charge in [0.1, 0.15) is 6.61 Å². The molecule has 0 radical (unpaired) electrons. The minimum atomic E-state index is 0.604. The molecule has 1 heterocycles. The minimum absolute atomic E-state index is 0.604. The molecule has 0 spiro atoms. The minimum Gasteiger partial charge on any atom is -0.497 e. The third-order valence-corrected chi connectivity index (χ3v) is 2.27. The molecule has 0 N–H and O–H groups in total. The van der Waals surface area contributed by atoms with Crippen molar-refractivity contribution in [2.75, 3.05) is 6.61 Å². The summed E-state index contributed by atoms with van der Waals surface area (Å²) in [6, 6.07) is 0. The molecule has 1 rings (SSSR count). The van der Waals surface area contributed by atoms with Gasteiger partial charge in [0.15, 0.2) is 0 Å². The van der Waals surface area contributed by atoms with Crippen molar-refractivity contribution < 1.29 is 4.74 Å². The summed E-state index contributed by atoms with van der Waals surface area (Å²) in [7, 11) is 0. The Morgan fingerprint density at radius 2 is 1.83 bits per heavy atom. The zero-order valence-corrected chi connectivity index (χ0v) is 8.42. The van der Waals surface area contributed by atoms with Gasteiger partial charge in [-0.25, -0.2) is 0 Å². The summed E-state index contributed by atoms with van der Waals surface area (Å²) in [5, 5.41) is 0. The van der Waals surface area contributed by atoms with Crippen LogP contribution >= 0.6 is 0 Å². The van der Waals surface area contributed by atoms with E-state index >= 15 is 0 Å². The molecule has 12 heavy (non-hydrogen) atoms. The van der Waals surface area contributed by atoms with Crippen molar-refractivity contribution >= 4 is 0 Å². The van der Waals surface area contributed by atoms with Crippen LogP contribution in [0.5, 0.6) is 0 Å². The lowest BCUT2D eigenvalue weighted by molar-refractivity contribution is 0.261. The lowest BCUT2D eigenvalue weighted by Gasteiger charge is -2.21. The average Bonchev–Trinajstić information content (AvgIpc) is 2.04. The van der Waals surface area contributed by atoms with Crippen LogP contribution in [0.15, 0.2) is 23.5 Å². The molecule has 0 aliphatic carbocycles. The number of hydrogen-bond donors (Lipinski definition) is 0. The van der Waals surface area contributed by atoms with E-state index < -0.39 is 0 Å². The molecule has 1 nitrogen and oxygen atoms in total. The average molecular weight is 166 g/mol. The largest absolute Gasteiger partial charge is 0.497 e. The van der Waals surface area contributed by atoms with Gasteiger partial charge in [0.25, 0.3) is 0 Å². The van der Waals surface area contributed by atoms with Gasteiger partial charge in [0.2, 0.25) is 0 Å². The summed E-state index contributed by atoms with van der Waals surface area (Å²) >= 11 is 0. The van der Waals surface area contributed by atoms with Gasteiger partial charge in [0.05, 0.1) is 6.26 Å². The molecule has 0 bridgehead atoms. The molecule has 0 amide bonds. The van der Waals surface area contributed by atoms with Crippen LogP contribution in [0, 0.1) is 11.8 Å². The number of rotatable bonds is 2. The monoisotopic (exact) mass is 166 g/mol. The van der Waals surface area contributed by atoms with Gasteiger partial charge in [-0.2, -0.15) is 0 Å². The highest BCUT2D eigenvalue weighted by atomic mass is 16.5. The Morgan fingerprint density at radius 3 is 2.25 bits per heavy atom. The molecule has 1 aliphatic rings. The third-order valence-electron chi connectivity index (χ3n) is 2.27. The maximum absolute atomic E-state index is 5.29. The first-order valence-corrected chi connectivity index (χ1v) is 4.64. The van der Waals surface area contributed by atoms with Crippen LogP contribution in [0.1, 0.15) is 27.7 Å². The fourth-order valence-corrected chi connectivity index (χ4v) is 1.51. The standard InChI is InChI=1S/C11H18O/c1-8(2)10-5-6-12-7-11(10)9(3)4/h5-6,8-9H,7H2,1-4H3. The maximum atomic E-state index is 5.29. The van der Waals surface area contributed by atoms with Crippen molar-refractivity contribution in [2.45, 2.75) is 27.7 Å². The molecule has 0 atom stereocenters. The van der Waals surface area contributed by atoms with E-state index in [0.29, 0.717) is 11.8 Å². The van der Waals surface area contributed by atoms with Gasteiger partial charge < -0.3 is 4.74 Å². The first-order valence-electron chi connectivity index (χ1n) is 4.64. The first kappa shape index (κ1) is 9.37. The molecular formula is C11H18O. The van der Waals surface area contributed by atoms with E-state index in [2.05, 4.69) is 33.8 Å². The Morgan fingerprint density at radius 1 is 1.17 bits per heavy atom. The summed E-state index contributed by atoms with van der Waals surface area (Å²) in [5.41, 5.74) is 2.91. The van der Waals surface area contributed by atoms with Crippen LogP contribution in [-0.4, -0.2) is 6.61 Å². The van der Waals surface area contributed by atoms with Crippen molar-refractivity contribution in [3.05, 3.63) is 23.5 Å². The molecule has 68 valence electrons. The maximum Gasteiger partial charge on any atom is 0.109 e. The van der Waals surface area contributed by atoms with E-state index in [4.69, 9.17) is 4.74 Å². The van der Waals surface area contributed by atoms with E-state index in [9.17, 15) is 0 Å². The lowest BCUT2D eigenvalue weighted by atomic mass is 9.90. The molecular weight excluding hydrogens is 148 g/mol. The van der Waals surface area contributed by atoms with Gasteiger partial charge in [-0.15, -0.1) is 0 Å². The molecule has 1 aliphatic heterocycles. The second-order valence-electron chi connectivity index (χ2n) is 3.90. The molecule has 0 fully saturated rings. The van der Waals surface area contributed by atoms with Crippen LogP contribution < -0.4 is 0 Å². The Hall–Kier alpha value is -0.720. The zero-order valence-electron chi connectivity index (χ0n) is 8.42. The smallest absolute Gasteiger partial charge is 0.109 e. The molecule has 0 aromatic rings. The Kier molecular flexibility index (Phi) is 2.96. The van der Waals surface area contributed by atoms with Crippen molar-refractivity contribution in [1.29, 1.82) is 0 Å². The number of allylic oxidation sites excluding steroid dienone is 2. The van der Waals surface area contributed by atoms with E-state index in [1.165, 1.54) is 11.1 Å². The van der Waals surface area contributed by atoms with Gasteiger partial charge in [0, 0.05) is 0 Å². The molecule has 1 heteroatoms. The second-order valence-corrected chi connectivity index (χ2v) is 3.90. The molecule has 0 aromatic carbocycles. The van der Waals surface area contributed by atoms with E-state index in [-0.39, 0.29) is 0 Å². The van der Waals surface area contributed by atoms with Crippen LogP contribution in [-0.2, 0) is 4.74 Å². The number of ether oxygens (including phenoxy) is 1.